The lowest BCUT2D eigenvalue weighted by Crippen LogP contribution is -2.31. The largest absolute Gasteiger partial charge is 0.383 e. The molecule has 1 aromatic heterocycles. The molecule has 0 saturated carbocycles. The maximum Gasteiger partial charge on any atom is 0.257 e. The number of carbonyl (C=O) groups excluding carboxylic acids is 1. The van der Waals surface area contributed by atoms with Crippen LogP contribution in [-0.4, -0.2) is 42.1 Å². The van der Waals surface area contributed by atoms with E-state index in [4.69, 9.17) is 10.5 Å². The SMILES string of the molecule is CC(C)OCCN(C)C(=O)c1cccnc1N. The van der Waals surface area contributed by atoms with Gasteiger partial charge in [0.05, 0.1) is 18.3 Å². The average Bonchev–Trinajstić information content (AvgIpc) is 2.28. The Morgan fingerprint density at radius 1 is 1.59 bits per heavy atom. The highest BCUT2D eigenvalue weighted by Crippen LogP contribution is 2.09. The third-order valence-electron chi connectivity index (χ3n) is 2.29. The molecule has 1 aromatic rings. The van der Waals surface area contributed by atoms with E-state index in [1.54, 1.807) is 30.3 Å². The first-order chi connectivity index (χ1) is 8.02. The Kier molecular flexibility index (Phi) is 4.90. The minimum atomic E-state index is -0.136. The molecular weight excluding hydrogens is 218 g/mol. The van der Waals surface area contributed by atoms with Gasteiger partial charge < -0.3 is 15.4 Å². The lowest BCUT2D eigenvalue weighted by Gasteiger charge is -2.18. The summed E-state index contributed by atoms with van der Waals surface area (Å²) in [5.74, 6) is 0.122. The Labute approximate surface area is 102 Å². The summed E-state index contributed by atoms with van der Waals surface area (Å²) in [6, 6.07) is 3.37. The van der Waals surface area contributed by atoms with Crippen LogP contribution in [-0.2, 0) is 4.74 Å². The Morgan fingerprint density at radius 2 is 2.29 bits per heavy atom. The maximum atomic E-state index is 12.0. The van der Waals surface area contributed by atoms with Crippen molar-refractivity contribution in [3.63, 3.8) is 0 Å². The van der Waals surface area contributed by atoms with Crippen molar-refractivity contribution in [2.24, 2.45) is 0 Å². The van der Waals surface area contributed by atoms with Crippen molar-refractivity contribution in [3.05, 3.63) is 23.9 Å². The van der Waals surface area contributed by atoms with E-state index in [1.807, 2.05) is 13.8 Å². The summed E-state index contributed by atoms with van der Waals surface area (Å²) in [5, 5.41) is 0. The highest BCUT2D eigenvalue weighted by atomic mass is 16.5. The van der Waals surface area contributed by atoms with Gasteiger partial charge in [-0.05, 0) is 26.0 Å². The van der Waals surface area contributed by atoms with Gasteiger partial charge in [-0.15, -0.1) is 0 Å². The quantitative estimate of drug-likeness (QED) is 0.834. The van der Waals surface area contributed by atoms with Gasteiger partial charge in [-0.1, -0.05) is 0 Å². The van der Waals surface area contributed by atoms with E-state index in [2.05, 4.69) is 4.98 Å². The van der Waals surface area contributed by atoms with Crippen LogP contribution in [0.25, 0.3) is 0 Å². The molecule has 0 fully saturated rings. The second-order valence-electron chi connectivity index (χ2n) is 4.08. The zero-order chi connectivity index (χ0) is 12.8. The van der Waals surface area contributed by atoms with Crippen molar-refractivity contribution in [1.82, 2.24) is 9.88 Å². The zero-order valence-electron chi connectivity index (χ0n) is 10.5. The molecule has 0 unspecified atom stereocenters. The van der Waals surface area contributed by atoms with Gasteiger partial charge in [0.25, 0.3) is 5.91 Å². The van der Waals surface area contributed by atoms with Gasteiger partial charge in [0, 0.05) is 19.8 Å². The molecular formula is C12H19N3O2. The number of pyridine rings is 1. The Balaban J connectivity index is 2.55. The molecule has 17 heavy (non-hydrogen) atoms. The Hall–Kier alpha value is -1.62. The number of ether oxygens (including phenoxy) is 1. The third-order valence-corrected chi connectivity index (χ3v) is 2.29. The lowest BCUT2D eigenvalue weighted by molar-refractivity contribution is 0.0532. The zero-order valence-corrected chi connectivity index (χ0v) is 10.5. The first-order valence-electron chi connectivity index (χ1n) is 5.60. The molecule has 0 aromatic carbocycles. The molecule has 5 heteroatoms. The van der Waals surface area contributed by atoms with Crippen molar-refractivity contribution >= 4 is 11.7 Å². The second kappa shape index (κ2) is 6.20. The van der Waals surface area contributed by atoms with Gasteiger partial charge >= 0.3 is 0 Å². The molecule has 0 atom stereocenters. The first-order valence-corrected chi connectivity index (χ1v) is 5.60. The number of amides is 1. The topological polar surface area (TPSA) is 68.5 Å². The monoisotopic (exact) mass is 237 g/mol. The summed E-state index contributed by atoms with van der Waals surface area (Å²) < 4.78 is 5.39. The van der Waals surface area contributed by atoms with Crippen LogP contribution in [0.15, 0.2) is 18.3 Å². The van der Waals surface area contributed by atoms with E-state index >= 15 is 0 Å². The van der Waals surface area contributed by atoms with E-state index in [1.165, 1.54) is 0 Å². The van der Waals surface area contributed by atoms with Crippen LogP contribution in [0.3, 0.4) is 0 Å². The number of nitrogens with two attached hydrogens (primary N) is 1. The number of anilines is 1. The van der Waals surface area contributed by atoms with Crippen molar-refractivity contribution in [2.45, 2.75) is 20.0 Å². The van der Waals surface area contributed by atoms with Crippen LogP contribution >= 0.6 is 0 Å². The number of hydrogen-bond acceptors (Lipinski definition) is 4. The third kappa shape index (κ3) is 4.03. The fraction of sp³-hybridized carbons (Fsp3) is 0.500. The molecule has 5 nitrogen and oxygen atoms in total. The van der Waals surface area contributed by atoms with Gasteiger partial charge in [0.1, 0.15) is 5.82 Å². The van der Waals surface area contributed by atoms with Gasteiger partial charge in [-0.3, -0.25) is 4.79 Å². The Morgan fingerprint density at radius 3 is 2.88 bits per heavy atom. The van der Waals surface area contributed by atoms with Gasteiger partial charge in [-0.25, -0.2) is 4.98 Å². The highest BCUT2D eigenvalue weighted by molar-refractivity contribution is 5.98. The number of carbonyl (C=O) groups is 1. The summed E-state index contributed by atoms with van der Waals surface area (Å²) in [5.41, 5.74) is 6.08. The van der Waals surface area contributed by atoms with Gasteiger partial charge in [0.15, 0.2) is 0 Å². The lowest BCUT2D eigenvalue weighted by atomic mass is 10.2. The summed E-state index contributed by atoms with van der Waals surface area (Å²) >= 11 is 0. The number of hydrogen-bond donors (Lipinski definition) is 1. The smallest absolute Gasteiger partial charge is 0.257 e. The summed E-state index contributed by atoms with van der Waals surface area (Å²) in [6.45, 7) is 4.97. The number of nitrogen functional groups attached to an aromatic ring is 1. The molecule has 0 radical (unpaired) electrons. The molecule has 0 aliphatic rings. The summed E-state index contributed by atoms with van der Waals surface area (Å²) in [4.78, 5) is 17.5. The van der Waals surface area contributed by atoms with Crippen LogP contribution in [0.4, 0.5) is 5.82 Å². The van der Waals surface area contributed by atoms with Crippen molar-refractivity contribution < 1.29 is 9.53 Å². The van der Waals surface area contributed by atoms with Crippen molar-refractivity contribution in [1.29, 1.82) is 0 Å². The molecule has 0 bridgehead atoms. The first kappa shape index (κ1) is 13.4. The fourth-order valence-corrected chi connectivity index (χ4v) is 1.33. The molecule has 2 N–H and O–H groups in total. The van der Waals surface area contributed by atoms with E-state index in [9.17, 15) is 4.79 Å². The van der Waals surface area contributed by atoms with Crippen LogP contribution in [0.1, 0.15) is 24.2 Å². The molecule has 0 spiro atoms. The molecule has 1 heterocycles. The predicted octanol–water partition coefficient (Wildman–Crippen LogP) is 1.16. The Bertz CT molecular complexity index is 380. The highest BCUT2D eigenvalue weighted by Gasteiger charge is 2.14. The molecule has 0 aliphatic heterocycles. The van der Waals surface area contributed by atoms with Crippen LogP contribution in [0.5, 0.6) is 0 Å². The van der Waals surface area contributed by atoms with E-state index in [0.29, 0.717) is 18.7 Å². The van der Waals surface area contributed by atoms with Crippen LogP contribution in [0.2, 0.25) is 0 Å². The number of rotatable bonds is 5. The molecule has 0 saturated heterocycles. The van der Waals surface area contributed by atoms with E-state index in [-0.39, 0.29) is 17.8 Å². The predicted molar refractivity (Wildman–Crippen MR) is 66.7 cm³/mol. The number of likely N-dealkylation sites (N-methyl/N-ethyl adjacent to an activating group) is 1. The normalized spacial score (nSPS) is 10.6. The van der Waals surface area contributed by atoms with E-state index in [0.717, 1.165) is 0 Å². The van der Waals surface area contributed by atoms with Crippen LogP contribution < -0.4 is 5.73 Å². The van der Waals surface area contributed by atoms with Crippen LogP contribution in [0, 0.1) is 0 Å². The molecule has 94 valence electrons. The number of aromatic nitrogens is 1. The molecule has 0 aliphatic carbocycles. The second-order valence-corrected chi connectivity index (χ2v) is 4.08. The minimum Gasteiger partial charge on any atom is -0.383 e. The molecule has 1 rings (SSSR count). The summed E-state index contributed by atoms with van der Waals surface area (Å²) in [7, 11) is 1.72. The fourth-order valence-electron chi connectivity index (χ4n) is 1.33. The van der Waals surface area contributed by atoms with Gasteiger partial charge in [0.2, 0.25) is 0 Å². The maximum absolute atomic E-state index is 12.0. The van der Waals surface area contributed by atoms with Crippen molar-refractivity contribution in [3.8, 4) is 0 Å². The number of nitrogens with zero attached hydrogens (tertiary/aromatic N) is 2. The van der Waals surface area contributed by atoms with Gasteiger partial charge in [-0.2, -0.15) is 0 Å². The van der Waals surface area contributed by atoms with Crippen molar-refractivity contribution in [2.75, 3.05) is 25.9 Å². The minimum absolute atomic E-state index is 0.136. The summed E-state index contributed by atoms with van der Waals surface area (Å²) in [6.07, 6.45) is 1.73. The molecule has 1 amide bonds. The standard InChI is InChI=1S/C12H19N3O2/c1-9(2)17-8-7-15(3)12(16)10-5-4-6-14-11(10)13/h4-6,9H,7-8H2,1-3H3,(H2,13,14). The van der Waals surface area contributed by atoms with E-state index < -0.39 is 0 Å². The average molecular weight is 237 g/mol.